The van der Waals surface area contributed by atoms with Crippen molar-refractivity contribution in [1.29, 1.82) is 0 Å². The first-order valence-corrected chi connectivity index (χ1v) is 7.50. The van der Waals surface area contributed by atoms with Crippen LogP contribution in [0.5, 0.6) is 0 Å². The molecule has 26 heavy (non-hydrogen) atoms. The molecule has 0 aromatic heterocycles. The largest absolute Gasteiger partial charge is 0.392 e. The minimum Gasteiger partial charge on any atom is -0.392 e. The van der Waals surface area contributed by atoms with E-state index in [1.165, 1.54) is 13.0 Å². The Balaban J connectivity index is 2.36. The van der Waals surface area contributed by atoms with Crippen molar-refractivity contribution in [2.75, 3.05) is 11.9 Å². The Hall–Kier alpha value is -3.14. The highest BCUT2D eigenvalue weighted by Crippen LogP contribution is 2.39. The maximum absolute atomic E-state index is 13.6. The van der Waals surface area contributed by atoms with Crippen molar-refractivity contribution in [3.05, 3.63) is 72.8 Å². The van der Waals surface area contributed by atoms with Gasteiger partial charge in [0.15, 0.2) is 5.69 Å². The quantitative estimate of drug-likeness (QED) is 0.573. The third-order valence-electron chi connectivity index (χ3n) is 3.90. The van der Waals surface area contributed by atoms with Gasteiger partial charge in [-0.15, -0.1) is 0 Å². The van der Waals surface area contributed by atoms with E-state index in [0.717, 1.165) is 12.1 Å². The molecule has 0 bridgehead atoms. The van der Waals surface area contributed by atoms with Gasteiger partial charge in [-0.1, -0.05) is 6.07 Å². The van der Waals surface area contributed by atoms with E-state index in [0.29, 0.717) is 6.07 Å². The number of benzene rings is 2. The van der Waals surface area contributed by atoms with Crippen molar-refractivity contribution >= 4 is 17.1 Å². The van der Waals surface area contributed by atoms with Gasteiger partial charge in [-0.3, -0.25) is 20.2 Å². The molecule has 0 amide bonds. The van der Waals surface area contributed by atoms with Gasteiger partial charge in [-0.05, 0) is 30.5 Å². The first-order valence-electron chi connectivity index (χ1n) is 7.50. The van der Waals surface area contributed by atoms with E-state index >= 15 is 0 Å². The molecule has 2 aromatic carbocycles. The highest BCUT2D eigenvalue weighted by atomic mass is 19.1. The van der Waals surface area contributed by atoms with Gasteiger partial charge in [0, 0.05) is 24.2 Å². The van der Waals surface area contributed by atoms with Crippen LogP contribution in [0.15, 0.2) is 24.3 Å². The number of nitrogens with zero attached hydrogens (tertiary/aromatic N) is 2. The molecule has 2 N–H and O–H groups in total. The average Bonchev–Trinajstić information content (AvgIpc) is 2.56. The number of nitro groups is 2. The maximum atomic E-state index is 13.6. The first kappa shape index (κ1) is 19.2. The summed E-state index contributed by atoms with van der Waals surface area (Å²) in [6, 6.07) is 4.07. The lowest BCUT2D eigenvalue weighted by atomic mass is 10.0. The van der Waals surface area contributed by atoms with E-state index in [4.69, 9.17) is 0 Å². The number of rotatable bonds is 7. The minimum atomic E-state index is -0.799. The molecule has 2 rings (SSSR count). The SMILES string of the molecule is Cc1c(CO)cc([N+](=O)[O-])c(NCCc2ccc(F)cc2F)c1[N+](=O)[O-]. The molecular weight excluding hydrogens is 352 g/mol. The van der Waals surface area contributed by atoms with E-state index in [-0.39, 0.29) is 35.3 Å². The lowest BCUT2D eigenvalue weighted by molar-refractivity contribution is -0.392. The van der Waals surface area contributed by atoms with Crippen LogP contribution in [0.1, 0.15) is 16.7 Å². The zero-order valence-corrected chi connectivity index (χ0v) is 13.7. The third-order valence-corrected chi connectivity index (χ3v) is 3.90. The highest BCUT2D eigenvalue weighted by molar-refractivity contribution is 5.77. The van der Waals surface area contributed by atoms with Crippen LogP contribution in [0, 0.1) is 38.8 Å². The van der Waals surface area contributed by atoms with Crippen LogP contribution in [0.4, 0.5) is 25.8 Å². The molecule has 0 aliphatic rings. The lowest BCUT2D eigenvalue weighted by Crippen LogP contribution is -2.12. The van der Waals surface area contributed by atoms with Crippen molar-refractivity contribution in [2.24, 2.45) is 0 Å². The van der Waals surface area contributed by atoms with Crippen LogP contribution in [-0.4, -0.2) is 21.5 Å². The van der Waals surface area contributed by atoms with E-state index in [1.54, 1.807) is 0 Å². The molecule has 2 aromatic rings. The summed E-state index contributed by atoms with van der Waals surface area (Å²) in [6.07, 6.45) is 0.0290. The van der Waals surface area contributed by atoms with Gasteiger partial charge in [0.1, 0.15) is 11.6 Å². The summed E-state index contributed by atoms with van der Waals surface area (Å²) < 4.78 is 26.6. The minimum absolute atomic E-state index is 0.0290. The molecule has 0 saturated carbocycles. The second-order valence-electron chi connectivity index (χ2n) is 5.49. The second-order valence-corrected chi connectivity index (χ2v) is 5.49. The number of aliphatic hydroxyl groups excluding tert-OH is 1. The van der Waals surface area contributed by atoms with Gasteiger partial charge in [-0.2, -0.15) is 0 Å². The Kier molecular flexibility index (Phi) is 5.78. The number of anilines is 1. The van der Waals surface area contributed by atoms with E-state index < -0.39 is 39.5 Å². The molecule has 0 radical (unpaired) electrons. The van der Waals surface area contributed by atoms with Crippen molar-refractivity contribution < 1.29 is 23.7 Å². The van der Waals surface area contributed by atoms with E-state index in [9.17, 15) is 34.1 Å². The third kappa shape index (κ3) is 3.91. The molecule has 0 spiro atoms. The van der Waals surface area contributed by atoms with Crippen LogP contribution in [0.2, 0.25) is 0 Å². The van der Waals surface area contributed by atoms with Gasteiger partial charge in [0.25, 0.3) is 5.69 Å². The van der Waals surface area contributed by atoms with E-state index in [2.05, 4.69) is 5.32 Å². The molecule has 138 valence electrons. The molecule has 0 aliphatic carbocycles. The number of aliphatic hydroxyl groups is 1. The summed E-state index contributed by atoms with van der Waals surface area (Å²) in [5, 5.41) is 34.5. The van der Waals surface area contributed by atoms with Gasteiger partial charge < -0.3 is 10.4 Å². The fourth-order valence-electron chi connectivity index (χ4n) is 2.56. The highest BCUT2D eigenvalue weighted by Gasteiger charge is 2.29. The van der Waals surface area contributed by atoms with Crippen LogP contribution in [0.3, 0.4) is 0 Å². The van der Waals surface area contributed by atoms with Crippen LogP contribution < -0.4 is 5.32 Å². The average molecular weight is 367 g/mol. The van der Waals surface area contributed by atoms with Crippen LogP contribution in [-0.2, 0) is 13.0 Å². The predicted octanol–water partition coefficient (Wildman–Crippen LogP) is 3.24. The Labute approximate surface area is 146 Å². The summed E-state index contributed by atoms with van der Waals surface area (Å²) in [5.41, 5.74) is -1.09. The lowest BCUT2D eigenvalue weighted by Gasteiger charge is -2.12. The number of halogens is 2. The monoisotopic (exact) mass is 367 g/mol. The second kappa shape index (κ2) is 7.83. The normalized spacial score (nSPS) is 10.6. The molecule has 0 heterocycles. The molecule has 0 aliphatic heterocycles. The van der Waals surface area contributed by atoms with Crippen LogP contribution in [0.25, 0.3) is 0 Å². The van der Waals surface area contributed by atoms with Gasteiger partial charge >= 0.3 is 5.69 Å². The Bertz CT molecular complexity index is 873. The van der Waals surface area contributed by atoms with Crippen molar-refractivity contribution in [3.8, 4) is 0 Å². The van der Waals surface area contributed by atoms with Crippen molar-refractivity contribution in [3.63, 3.8) is 0 Å². The number of nitro benzene ring substituents is 2. The molecule has 0 atom stereocenters. The number of nitrogens with one attached hydrogen (secondary N) is 1. The van der Waals surface area contributed by atoms with E-state index in [1.807, 2.05) is 0 Å². The summed E-state index contributed by atoms with van der Waals surface area (Å²) in [4.78, 5) is 21.1. The molecule has 0 fully saturated rings. The molecule has 0 saturated heterocycles. The number of hydrogen-bond acceptors (Lipinski definition) is 6. The van der Waals surface area contributed by atoms with Gasteiger partial charge in [0.05, 0.1) is 16.5 Å². The van der Waals surface area contributed by atoms with Gasteiger partial charge in [-0.25, -0.2) is 8.78 Å². The zero-order chi connectivity index (χ0) is 19.4. The molecule has 0 unspecified atom stereocenters. The standard InChI is InChI=1S/C16H15F2N3O5/c1-9-11(8-22)6-14(20(23)24)15(16(9)21(25)26)19-5-4-10-2-3-12(17)7-13(10)18/h2-3,6-7,19,22H,4-5,8H2,1H3. The fourth-order valence-corrected chi connectivity index (χ4v) is 2.56. The van der Waals surface area contributed by atoms with Crippen molar-refractivity contribution in [2.45, 2.75) is 20.0 Å². The summed E-state index contributed by atoms with van der Waals surface area (Å²) in [5.74, 6) is -1.51. The fraction of sp³-hybridized carbons (Fsp3) is 0.250. The Morgan fingerprint density at radius 2 is 1.81 bits per heavy atom. The van der Waals surface area contributed by atoms with Gasteiger partial charge in [0.2, 0.25) is 0 Å². The topological polar surface area (TPSA) is 119 Å². The Morgan fingerprint density at radius 3 is 2.35 bits per heavy atom. The smallest absolute Gasteiger partial charge is 0.302 e. The predicted molar refractivity (Wildman–Crippen MR) is 89.0 cm³/mol. The maximum Gasteiger partial charge on any atom is 0.302 e. The molecular formula is C16H15F2N3O5. The first-order chi connectivity index (χ1) is 12.3. The van der Waals surface area contributed by atoms with Crippen molar-refractivity contribution in [1.82, 2.24) is 0 Å². The van der Waals surface area contributed by atoms with Crippen LogP contribution >= 0.6 is 0 Å². The summed E-state index contributed by atoms with van der Waals surface area (Å²) >= 11 is 0. The number of hydrogen-bond donors (Lipinski definition) is 2. The summed E-state index contributed by atoms with van der Waals surface area (Å²) in [6.45, 7) is 0.731. The molecule has 8 nitrogen and oxygen atoms in total. The zero-order valence-electron chi connectivity index (χ0n) is 13.7. The summed E-state index contributed by atoms with van der Waals surface area (Å²) in [7, 11) is 0. The Morgan fingerprint density at radius 1 is 1.12 bits per heavy atom. The molecule has 10 heteroatoms.